The van der Waals surface area contributed by atoms with Gasteiger partial charge in [0.15, 0.2) is 23.0 Å². The van der Waals surface area contributed by atoms with Crippen LogP contribution in [-0.4, -0.2) is 58.7 Å². The largest absolute Gasteiger partial charge is 0.496 e. The summed E-state index contributed by atoms with van der Waals surface area (Å²) in [5.41, 5.74) is 1.95. The van der Waals surface area contributed by atoms with Gasteiger partial charge < -0.3 is 28.6 Å². The third-order valence-corrected chi connectivity index (χ3v) is 6.30. The minimum Gasteiger partial charge on any atom is -0.496 e. The van der Waals surface area contributed by atoms with Gasteiger partial charge >= 0.3 is 0 Å². The van der Waals surface area contributed by atoms with Crippen molar-refractivity contribution in [1.82, 2.24) is 4.90 Å². The smallest absolute Gasteiger partial charge is 0.233 e. The maximum atomic E-state index is 12.6. The lowest BCUT2D eigenvalue weighted by Crippen LogP contribution is -2.30. The molecule has 3 rings (SSSR count). The van der Waals surface area contributed by atoms with Gasteiger partial charge in [-0.05, 0) is 30.2 Å². The van der Waals surface area contributed by atoms with Gasteiger partial charge in [-0.3, -0.25) is 4.79 Å². The Hall–Kier alpha value is -2.74. The van der Waals surface area contributed by atoms with Crippen LogP contribution in [-0.2, 0) is 11.2 Å². The first kappa shape index (κ1) is 22.0. The summed E-state index contributed by atoms with van der Waals surface area (Å²) in [7, 11) is 8.01. The van der Waals surface area contributed by atoms with Gasteiger partial charge in [0, 0.05) is 18.2 Å². The van der Waals surface area contributed by atoms with Crippen molar-refractivity contribution >= 4 is 17.7 Å². The lowest BCUT2D eigenvalue weighted by atomic mass is 10.1. The van der Waals surface area contributed by atoms with Crippen molar-refractivity contribution in [1.29, 1.82) is 0 Å². The molecule has 8 heteroatoms. The molecule has 2 aromatic carbocycles. The van der Waals surface area contributed by atoms with E-state index in [1.54, 1.807) is 53.4 Å². The molecule has 0 aliphatic carbocycles. The first-order valence-electron chi connectivity index (χ1n) is 9.48. The van der Waals surface area contributed by atoms with Crippen LogP contribution in [0.2, 0.25) is 0 Å². The Morgan fingerprint density at radius 1 is 0.833 bits per heavy atom. The van der Waals surface area contributed by atoms with Crippen LogP contribution in [0.15, 0.2) is 30.3 Å². The molecule has 0 bridgehead atoms. The Balaban J connectivity index is 1.84. The summed E-state index contributed by atoms with van der Waals surface area (Å²) < 4.78 is 27.1. The van der Waals surface area contributed by atoms with Crippen LogP contribution in [0.25, 0.3) is 0 Å². The molecule has 0 N–H and O–H groups in total. The van der Waals surface area contributed by atoms with E-state index in [1.165, 1.54) is 0 Å². The Kier molecular flexibility index (Phi) is 7.20. The van der Waals surface area contributed by atoms with Crippen molar-refractivity contribution in [2.45, 2.75) is 11.8 Å². The molecule has 7 nitrogen and oxygen atoms in total. The van der Waals surface area contributed by atoms with Gasteiger partial charge in [0.2, 0.25) is 5.91 Å². The van der Waals surface area contributed by atoms with E-state index >= 15 is 0 Å². The second kappa shape index (κ2) is 9.84. The van der Waals surface area contributed by atoms with E-state index < -0.39 is 0 Å². The van der Waals surface area contributed by atoms with Crippen molar-refractivity contribution in [3.8, 4) is 28.7 Å². The lowest BCUT2D eigenvalue weighted by molar-refractivity contribution is -0.128. The fourth-order valence-corrected chi connectivity index (χ4v) is 4.72. The number of hydrogen-bond acceptors (Lipinski definition) is 7. The number of benzene rings is 2. The summed E-state index contributed by atoms with van der Waals surface area (Å²) >= 11 is 1.58. The Morgan fingerprint density at radius 2 is 1.43 bits per heavy atom. The molecule has 1 unspecified atom stereocenters. The Labute approximate surface area is 181 Å². The summed E-state index contributed by atoms with van der Waals surface area (Å²) in [6.45, 7) is 0.573. The van der Waals surface area contributed by atoms with Crippen molar-refractivity contribution in [2.75, 3.05) is 47.8 Å². The first-order chi connectivity index (χ1) is 14.6. The molecule has 1 saturated heterocycles. The maximum absolute atomic E-state index is 12.6. The maximum Gasteiger partial charge on any atom is 0.233 e. The van der Waals surface area contributed by atoms with Crippen LogP contribution in [0, 0.1) is 0 Å². The molecule has 1 amide bonds. The second-order valence-corrected chi connectivity index (χ2v) is 7.71. The highest BCUT2D eigenvalue weighted by atomic mass is 32.2. The molecule has 162 valence electrons. The molecule has 2 aromatic rings. The van der Waals surface area contributed by atoms with Gasteiger partial charge in [-0.1, -0.05) is 6.07 Å². The molecule has 1 atom stereocenters. The molecule has 0 spiro atoms. The third-order valence-electron chi connectivity index (χ3n) is 5.06. The zero-order valence-corrected chi connectivity index (χ0v) is 18.7. The fraction of sp³-hybridized carbons (Fsp3) is 0.409. The molecule has 0 saturated carbocycles. The van der Waals surface area contributed by atoms with Crippen LogP contribution in [0.3, 0.4) is 0 Å². The molecule has 0 radical (unpaired) electrons. The molecule has 1 aliphatic rings. The summed E-state index contributed by atoms with van der Waals surface area (Å²) in [6.07, 6.45) is 0.693. The van der Waals surface area contributed by atoms with Crippen molar-refractivity contribution < 1.29 is 28.5 Å². The average Bonchev–Trinajstić information content (AvgIpc) is 3.16. The van der Waals surface area contributed by atoms with E-state index in [0.29, 0.717) is 47.5 Å². The number of nitrogens with zero attached hydrogens (tertiary/aromatic N) is 1. The lowest BCUT2D eigenvalue weighted by Gasteiger charge is -2.26. The number of carbonyl (C=O) groups is 1. The third kappa shape index (κ3) is 4.38. The number of amides is 1. The van der Waals surface area contributed by atoms with E-state index in [1.807, 2.05) is 29.2 Å². The Bertz CT molecular complexity index is 903. The van der Waals surface area contributed by atoms with Gasteiger partial charge in [0.25, 0.3) is 0 Å². The Morgan fingerprint density at radius 3 is 2.07 bits per heavy atom. The van der Waals surface area contributed by atoms with Gasteiger partial charge in [0.1, 0.15) is 11.1 Å². The molecular weight excluding hydrogens is 406 g/mol. The number of hydrogen-bond donors (Lipinski definition) is 0. The van der Waals surface area contributed by atoms with Gasteiger partial charge in [0.05, 0.1) is 41.3 Å². The predicted octanol–water partition coefficient (Wildman–Crippen LogP) is 3.55. The summed E-state index contributed by atoms with van der Waals surface area (Å²) in [5.74, 6) is 3.74. The minimum absolute atomic E-state index is 0.0994. The fourth-order valence-electron chi connectivity index (χ4n) is 3.49. The zero-order valence-electron chi connectivity index (χ0n) is 17.9. The summed E-state index contributed by atoms with van der Waals surface area (Å²) in [6, 6.07) is 9.49. The van der Waals surface area contributed by atoms with Gasteiger partial charge in [-0.15, -0.1) is 11.8 Å². The van der Waals surface area contributed by atoms with Gasteiger partial charge in [-0.2, -0.15) is 0 Å². The zero-order chi connectivity index (χ0) is 21.7. The summed E-state index contributed by atoms with van der Waals surface area (Å²) in [5, 5.41) is -0.160. The normalized spacial score (nSPS) is 15.8. The highest BCUT2D eigenvalue weighted by Gasteiger charge is 2.35. The molecule has 30 heavy (non-hydrogen) atoms. The predicted molar refractivity (Wildman–Crippen MR) is 116 cm³/mol. The van der Waals surface area contributed by atoms with Gasteiger partial charge in [-0.25, -0.2) is 0 Å². The van der Waals surface area contributed by atoms with E-state index in [4.69, 9.17) is 23.7 Å². The van der Waals surface area contributed by atoms with Crippen molar-refractivity contribution in [3.05, 3.63) is 41.5 Å². The minimum atomic E-state index is -0.160. The number of methoxy groups -OCH3 is 5. The van der Waals surface area contributed by atoms with Crippen LogP contribution < -0.4 is 23.7 Å². The van der Waals surface area contributed by atoms with Crippen LogP contribution in [0.5, 0.6) is 28.7 Å². The molecular formula is C22H27NO6S. The molecule has 1 aliphatic heterocycles. The molecule has 1 fully saturated rings. The standard InChI is InChI=1S/C22H27NO6S/c1-25-16-7-6-14(10-18(16)27-3)8-9-23-21(24)13-30-22(23)15-11-19(28-4)20(29-5)12-17(15)26-2/h6-7,10-12,22H,8-9,13H2,1-5H3. The highest BCUT2D eigenvalue weighted by molar-refractivity contribution is 8.00. The molecule has 1 heterocycles. The van der Waals surface area contributed by atoms with Crippen LogP contribution in [0.4, 0.5) is 0 Å². The van der Waals surface area contributed by atoms with E-state index in [2.05, 4.69) is 0 Å². The first-order valence-corrected chi connectivity index (χ1v) is 10.5. The topological polar surface area (TPSA) is 66.5 Å². The number of ether oxygens (including phenoxy) is 5. The van der Waals surface area contributed by atoms with Crippen molar-refractivity contribution in [2.24, 2.45) is 0 Å². The average molecular weight is 434 g/mol. The van der Waals surface area contributed by atoms with Crippen LogP contribution >= 0.6 is 11.8 Å². The SMILES string of the molecule is COc1ccc(CCN2C(=O)CSC2c2cc(OC)c(OC)cc2OC)cc1OC. The number of thioether (sulfide) groups is 1. The highest BCUT2D eigenvalue weighted by Crippen LogP contribution is 2.46. The van der Waals surface area contributed by atoms with E-state index in [9.17, 15) is 4.79 Å². The van der Waals surface area contributed by atoms with E-state index in [-0.39, 0.29) is 11.3 Å². The van der Waals surface area contributed by atoms with E-state index in [0.717, 1.165) is 11.1 Å². The van der Waals surface area contributed by atoms with Crippen LogP contribution in [0.1, 0.15) is 16.5 Å². The van der Waals surface area contributed by atoms with Crippen molar-refractivity contribution in [3.63, 3.8) is 0 Å². The summed E-state index contributed by atoms with van der Waals surface area (Å²) in [4.78, 5) is 14.5. The number of rotatable bonds is 9. The second-order valence-electron chi connectivity index (χ2n) is 6.64. The molecule has 0 aromatic heterocycles. The quantitative estimate of drug-likeness (QED) is 0.599. The monoisotopic (exact) mass is 433 g/mol. The number of carbonyl (C=O) groups excluding carboxylic acids is 1.